The van der Waals surface area contributed by atoms with Gasteiger partial charge in [0.2, 0.25) is 0 Å². The van der Waals surface area contributed by atoms with E-state index in [1.807, 2.05) is 0 Å². The average molecular weight is 386 g/mol. The van der Waals surface area contributed by atoms with Crippen LogP contribution in [0.1, 0.15) is 67.9 Å². The number of urea groups is 1. The van der Waals surface area contributed by atoms with Crippen molar-refractivity contribution < 1.29 is 18.0 Å². The highest BCUT2D eigenvalue weighted by molar-refractivity contribution is 5.75. The maximum atomic E-state index is 13.8. The smallest absolute Gasteiger partial charge is 0.322 e. The van der Waals surface area contributed by atoms with Gasteiger partial charge in [0.1, 0.15) is 0 Å². The molecular weight excluding hydrogens is 357 g/mol. The highest BCUT2D eigenvalue weighted by Gasteiger charge is 2.46. The number of likely N-dealkylation sites (tertiary alicyclic amines) is 1. The number of carbonyl (C=O) groups is 1. The lowest BCUT2D eigenvalue weighted by atomic mass is 9.97. The van der Waals surface area contributed by atoms with Crippen molar-refractivity contribution in [1.29, 1.82) is 0 Å². The van der Waals surface area contributed by atoms with Crippen LogP contribution in [-0.4, -0.2) is 39.5 Å². The lowest BCUT2D eigenvalue weighted by Crippen LogP contribution is -2.48. The van der Waals surface area contributed by atoms with E-state index in [4.69, 9.17) is 0 Å². The molecule has 1 N–H and O–H groups in total. The Bertz CT molecular complexity index is 679. The number of aryl methyl sites for hydroxylation is 2. The predicted molar refractivity (Wildman–Crippen MR) is 96.3 cm³/mol. The molecule has 1 aromatic rings. The normalized spacial score (nSPS) is 22.4. The van der Waals surface area contributed by atoms with E-state index in [1.54, 1.807) is 25.8 Å². The molecule has 1 aromatic heterocycles. The minimum absolute atomic E-state index is 0.0462. The molecule has 1 saturated heterocycles. The van der Waals surface area contributed by atoms with Crippen LogP contribution in [0, 0.1) is 19.8 Å². The Hall–Kier alpha value is -1.73. The van der Waals surface area contributed by atoms with Gasteiger partial charge in [-0.2, -0.15) is 18.3 Å². The van der Waals surface area contributed by atoms with E-state index in [-0.39, 0.29) is 11.6 Å². The summed E-state index contributed by atoms with van der Waals surface area (Å²) in [7, 11) is 1.61. The number of carbonyl (C=O) groups excluding carboxylic acids is 1. The maximum absolute atomic E-state index is 13.8. The molecule has 1 aliphatic carbocycles. The zero-order chi connectivity index (χ0) is 19.8. The number of rotatable bonds is 4. The summed E-state index contributed by atoms with van der Waals surface area (Å²) in [6.45, 7) is 3.67. The van der Waals surface area contributed by atoms with Crippen molar-refractivity contribution in [3.8, 4) is 0 Å². The van der Waals surface area contributed by atoms with E-state index in [0.29, 0.717) is 23.9 Å². The fourth-order valence-corrected chi connectivity index (χ4v) is 4.71. The van der Waals surface area contributed by atoms with Gasteiger partial charge in [-0.3, -0.25) is 4.68 Å². The van der Waals surface area contributed by atoms with Gasteiger partial charge >= 0.3 is 12.2 Å². The standard InChI is InChI=1S/C19H29F3N4O/c1-12-16(13(2)25(3)24-12)17(19(20,21)22)23-18(27)26-10-6-9-15(26)11-14-7-4-5-8-14/h14-15,17H,4-11H2,1-3H3,(H,23,27). The van der Waals surface area contributed by atoms with Gasteiger partial charge in [0, 0.05) is 30.9 Å². The predicted octanol–water partition coefficient (Wildman–Crippen LogP) is 4.39. The molecule has 2 amide bonds. The summed E-state index contributed by atoms with van der Waals surface area (Å²) >= 11 is 0. The molecule has 2 unspecified atom stereocenters. The topological polar surface area (TPSA) is 50.2 Å². The minimum atomic E-state index is -4.57. The van der Waals surface area contributed by atoms with Gasteiger partial charge in [-0.05, 0) is 39.0 Å². The summed E-state index contributed by atoms with van der Waals surface area (Å²) in [4.78, 5) is 14.4. The number of hydrogen-bond donors (Lipinski definition) is 1. The second-order valence-electron chi connectivity index (χ2n) is 8.01. The monoisotopic (exact) mass is 386 g/mol. The summed E-state index contributed by atoms with van der Waals surface area (Å²) in [5.41, 5.74) is 0.755. The SMILES string of the molecule is Cc1nn(C)c(C)c1C(NC(=O)N1CCCC1CC1CCCC1)C(F)(F)F. The van der Waals surface area contributed by atoms with Crippen molar-refractivity contribution in [3.63, 3.8) is 0 Å². The summed E-state index contributed by atoms with van der Waals surface area (Å²) in [6.07, 6.45) is 2.86. The van der Waals surface area contributed by atoms with Gasteiger partial charge in [-0.15, -0.1) is 0 Å². The van der Waals surface area contributed by atoms with Crippen LogP contribution in [0.4, 0.5) is 18.0 Å². The first-order chi connectivity index (χ1) is 12.7. The van der Waals surface area contributed by atoms with E-state index >= 15 is 0 Å². The molecule has 8 heteroatoms. The van der Waals surface area contributed by atoms with Crippen LogP contribution >= 0.6 is 0 Å². The van der Waals surface area contributed by atoms with Gasteiger partial charge in [0.25, 0.3) is 0 Å². The summed E-state index contributed by atoms with van der Waals surface area (Å²) in [5.74, 6) is 0.602. The molecule has 27 heavy (non-hydrogen) atoms. The van der Waals surface area contributed by atoms with E-state index in [1.165, 1.54) is 30.4 Å². The van der Waals surface area contributed by atoms with Crippen molar-refractivity contribution in [2.45, 2.75) is 77.1 Å². The number of aromatic nitrogens is 2. The summed E-state index contributed by atoms with van der Waals surface area (Å²) in [5, 5.41) is 6.36. The molecule has 1 aliphatic heterocycles. The van der Waals surface area contributed by atoms with E-state index in [0.717, 1.165) is 19.3 Å². The first-order valence-electron chi connectivity index (χ1n) is 9.82. The summed E-state index contributed by atoms with van der Waals surface area (Å²) < 4.78 is 42.8. The Labute approximate surface area is 158 Å². The summed E-state index contributed by atoms with van der Waals surface area (Å²) in [6, 6.07) is -2.59. The number of halogens is 3. The van der Waals surface area contributed by atoms with E-state index in [9.17, 15) is 18.0 Å². The fourth-order valence-electron chi connectivity index (χ4n) is 4.71. The Morgan fingerprint density at radius 2 is 1.89 bits per heavy atom. The second-order valence-corrected chi connectivity index (χ2v) is 8.01. The average Bonchev–Trinajstić information content (AvgIpc) is 3.29. The van der Waals surface area contributed by atoms with Crippen molar-refractivity contribution in [1.82, 2.24) is 20.0 Å². The highest BCUT2D eigenvalue weighted by Crippen LogP contribution is 2.37. The molecule has 0 bridgehead atoms. The van der Waals surface area contributed by atoms with Gasteiger partial charge in [-0.25, -0.2) is 4.79 Å². The molecule has 2 heterocycles. The maximum Gasteiger partial charge on any atom is 0.413 e. The van der Waals surface area contributed by atoms with Crippen LogP contribution in [0.25, 0.3) is 0 Å². The van der Waals surface area contributed by atoms with Crippen molar-refractivity contribution >= 4 is 6.03 Å². The van der Waals surface area contributed by atoms with Crippen LogP contribution in [0.2, 0.25) is 0 Å². The zero-order valence-corrected chi connectivity index (χ0v) is 16.3. The molecule has 5 nitrogen and oxygen atoms in total. The number of alkyl halides is 3. The highest BCUT2D eigenvalue weighted by atomic mass is 19.4. The number of amides is 2. The fraction of sp³-hybridized carbons (Fsp3) is 0.789. The molecule has 2 aliphatic rings. The Kier molecular flexibility index (Phi) is 5.72. The number of nitrogens with one attached hydrogen (secondary N) is 1. The molecule has 0 radical (unpaired) electrons. The quantitative estimate of drug-likeness (QED) is 0.834. The Morgan fingerprint density at radius 1 is 1.22 bits per heavy atom. The van der Waals surface area contributed by atoms with Gasteiger partial charge in [0.05, 0.1) is 5.69 Å². The molecule has 0 aromatic carbocycles. The molecule has 2 atom stereocenters. The molecule has 3 rings (SSSR count). The zero-order valence-electron chi connectivity index (χ0n) is 16.3. The molecule has 152 valence electrons. The Morgan fingerprint density at radius 3 is 2.44 bits per heavy atom. The van der Waals surface area contributed by atoms with Crippen LogP contribution in [0.3, 0.4) is 0 Å². The second kappa shape index (κ2) is 7.72. The van der Waals surface area contributed by atoms with Crippen molar-refractivity contribution in [2.24, 2.45) is 13.0 Å². The molecular formula is C19H29F3N4O. The molecule has 2 fully saturated rings. The van der Waals surface area contributed by atoms with Crippen molar-refractivity contribution in [3.05, 3.63) is 17.0 Å². The third-order valence-electron chi connectivity index (χ3n) is 6.17. The van der Waals surface area contributed by atoms with Gasteiger partial charge < -0.3 is 10.2 Å². The third kappa shape index (κ3) is 4.24. The lowest BCUT2D eigenvalue weighted by Gasteiger charge is -2.30. The largest absolute Gasteiger partial charge is 0.413 e. The lowest BCUT2D eigenvalue weighted by molar-refractivity contribution is -0.155. The first-order valence-corrected chi connectivity index (χ1v) is 9.82. The van der Waals surface area contributed by atoms with Crippen LogP contribution in [0.5, 0.6) is 0 Å². The molecule has 1 saturated carbocycles. The Balaban J connectivity index is 1.76. The van der Waals surface area contributed by atoms with Gasteiger partial charge in [0.15, 0.2) is 6.04 Å². The number of hydrogen-bond acceptors (Lipinski definition) is 2. The van der Waals surface area contributed by atoms with Crippen LogP contribution < -0.4 is 5.32 Å². The van der Waals surface area contributed by atoms with E-state index in [2.05, 4.69) is 10.4 Å². The van der Waals surface area contributed by atoms with Crippen molar-refractivity contribution in [2.75, 3.05) is 6.54 Å². The third-order valence-corrected chi connectivity index (χ3v) is 6.17. The van der Waals surface area contributed by atoms with E-state index < -0.39 is 18.2 Å². The number of nitrogens with zero attached hydrogens (tertiary/aromatic N) is 3. The van der Waals surface area contributed by atoms with Crippen LogP contribution in [0.15, 0.2) is 0 Å². The van der Waals surface area contributed by atoms with Crippen LogP contribution in [-0.2, 0) is 7.05 Å². The first kappa shape index (κ1) is 20.0. The molecule has 0 spiro atoms. The minimum Gasteiger partial charge on any atom is -0.322 e. The van der Waals surface area contributed by atoms with Gasteiger partial charge in [-0.1, -0.05) is 25.7 Å².